The summed E-state index contributed by atoms with van der Waals surface area (Å²) in [6, 6.07) is 13.8. The number of carbonyl (C=O) groups excluding carboxylic acids is 2. The maximum atomic E-state index is 12.1. The third-order valence-electron chi connectivity index (χ3n) is 3.50. The highest BCUT2D eigenvalue weighted by molar-refractivity contribution is 5.99. The smallest absolute Gasteiger partial charge is 0.422 e. The number of nitrogens with one attached hydrogen (secondary N) is 2. The van der Waals surface area contributed by atoms with Crippen molar-refractivity contribution in [3.8, 4) is 5.75 Å². The largest absolute Gasteiger partial charge is 0.484 e. The van der Waals surface area contributed by atoms with Crippen LogP contribution in [-0.2, 0) is 9.59 Å². The summed E-state index contributed by atoms with van der Waals surface area (Å²) in [6.07, 6.45) is -1.47. The van der Waals surface area contributed by atoms with Gasteiger partial charge in [0.2, 0.25) is 11.8 Å². The fourth-order valence-corrected chi connectivity index (χ4v) is 2.11. The van der Waals surface area contributed by atoms with Gasteiger partial charge in [-0.2, -0.15) is 13.2 Å². The first-order chi connectivity index (χ1) is 13.2. The average Bonchev–Trinajstić information content (AvgIpc) is 2.66. The lowest BCUT2D eigenvalue weighted by molar-refractivity contribution is -0.153. The van der Waals surface area contributed by atoms with Crippen LogP contribution in [0, 0.1) is 0 Å². The van der Waals surface area contributed by atoms with Crippen LogP contribution in [0.2, 0.25) is 0 Å². The second kappa shape index (κ2) is 9.59. The first kappa shape index (κ1) is 21.0. The van der Waals surface area contributed by atoms with Crippen LogP contribution in [0.3, 0.4) is 0 Å². The average molecular weight is 392 g/mol. The van der Waals surface area contributed by atoms with E-state index in [0.29, 0.717) is 5.69 Å². The maximum absolute atomic E-state index is 12.1. The minimum atomic E-state index is -4.42. The molecule has 8 heteroatoms. The second-order valence-corrected chi connectivity index (χ2v) is 5.89. The Balaban J connectivity index is 1.83. The van der Waals surface area contributed by atoms with Crippen LogP contribution < -0.4 is 15.4 Å². The number of hydrogen-bond acceptors (Lipinski definition) is 3. The summed E-state index contributed by atoms with van der Waals surface area (Å²) >= 11 is 0. The number of amides is 2. The molecule has 0 radical (unpaired) electrons. The first-order valence-electron chi connectivity index (χ1n) is 8.37. The number of rotatable bonds is 7. The molecule has 1 atom stereocenters. The molecule has 0 aliphatic rings. The van der Waals surface area contributed by atoms with Crippen LogP contribution in [0.15, 0.2) is 60.7 Å². The quantitative estimate of drug-likeness (QED) is 0.705. The van der Waals surface area contributed by atoms with Crippen LogP contribution in [0.25, 0.3) is 6.08 Å². The molecular formula is C20H19F3N2O3. The molecule has 0 fully saturated rings. The van der Waals surface area contributed by atoms with Gasteiger partial charge in [0.25, 0.3) is 0 Å². The van der Waals surface area contributed by atoms with Gasteiger partial charge in [0.05, 0.1) is 0 Å². The molecule has 2 aromatic rings. The first-order valence-corrected chi connectivity index (χ1v) is 8.37. The molecule has 0 heterocycles. The summed E-state index contributed by atoms with van der Waals surface area (Å²) in [5.74, 6) is -0.865. The Hall–Kier alpha value is -3.29. The minimum absolute atomic E-state index is 0.0303. The normalized spacial score (nSPS) is 12.4. The molecule has 1 unspecified atom stereocenters. The summed E-state index contributed by atoms with van der Waals surface area (Å²) in [5.41, 5.74) is 1.22. The van der Waals surface area contributed by atoms with E-state index in [2.05, 4.69) is 15.4 Å². The Morgan fingerprint density at radius 2 is 1.71 bits per heavy atom. The standard InChI is InChI=1S/C20H19F3N2O3/c1-14(24-18(26)12-7-15-5-3-2-4-6-15)19(27)25-16-8-10-17(11-9-16)28-13-20(21,22)23/h2-12,14H,13H2,1H3,(H,24,26)(H,25,27)/b12-7+. The van der Waals surface area contributed by atoms with Crippen LogP contribution in [-0.4, -0.2) is 30.6 Å². The summed E-state index contributed by atoms with van der Waals surface area (Å²) in [5, 5.41) is 5.10. The van der Waals surface area contributed by atoms with Gasteiger partial charge in [0.15, 0.2) is 6.61 Å². The summed E-state index contributed by atoms with van der Waals surface area (Å²) < 4.78 is 40.9. The summed E-state index contributed by atoms with van der Waals surface area (Å²) in [4.78, 5) is 24.0. The highest BCUT2D eigenvalue weighted by Gasteiger charge is 2.28. The molecule has 0 saturated heterocycles. The van der Waals surface area contributed by atoms with Crippen molar-refractivity contribution in [2.75, 3.05) is 11.9 Å². The number of halogens is 3. The monoisotopic (exact) mass is 392 g/mol. The van der Waals surface area contributed by atoms with Crippen molar-refractivity contribution in [2.24, 2.45) is 0 Å². The lowest BCUT2D eigenvalue weighted by atomic mass is 10.2. The minimum Gasteiger partial charge on any atom is -0.484 e. The van der Waals surface area contributed by atoms with Gasteiger partial charge in [0, 0.05) is 11.8 Å². The van der Waals surface area contributed by atoms with Gasteiger partial charge in [0.1, 0.15) is 11.8 Å². The SMILES string of the molecule is CC(NC(=O)/C=C/c1ccccc1)C(=O)Nc1ccc(OCC(F)(F)F)cc1. The lowest BCUT2D eigenvalue weighted by Crippen LogP contribution is -2.40. The lowest BCUT2D eigenvalue weighted by Gasteiger charge is -2.14. The number of benzene rings is 2. The van der Waals surface area contributed by atoms with Crippen LogP contribution in [0.5, 0.6) is 5.75 Å². The van der Waals surface area contributed by atoms with E-state index < -0.39 is 30.6 Å². The van der Waals surface area contributed by atoms with Gasteiger partial charge in [-0.3, -0.25) is 9.59 Å². The Bertz CT molecular complexity index is 819. The summed E-state index contributed by atoms with van der Waals surface area (Å²) in [7, 11) is 0. The molecule has 5 nitrogen and oxygen atoms in total. The zero-order chi connectivity index (χ0) is 20.6. The molecule has 0 aliphatic carbocycles. The molecule has 2 N–H and O–H groups in total. The Kier molecular flexibility index (Phi) is 7.20. The van der Waals surface area contributed by atoms with E-state index in [4.69, 9.17) is 0 Å². The van der Waals surface area contributed by atoms with Crippen LogP contribution >= 0.6 is 0 Å². The Labute approximate surface area is 160 Å². The molecule has 0 bridgehead atoms. The van der Waals surface area contributed by atoms with Crippen molar-refractivity contribution in [1.82, 2.24) is 5.32 Å². The Morgan fingerprint density at radius 1 is 1.07 bits per heavy atom. The van der Waals surface area contributed by atoms with Gasteiger partial charge in [-0.15, -0.1) is 0 Å². The van der Waals surface area contributed by atoms with E-state index in [9.17, 15) is 22.8 Å². The second-order valence-electron chi connectivity index (χ2n) is 5.89. The summed E-state index contributed by atoms with van der Waals surface area (Å²) in [6.45, 7) is 0.128. The zero-order valence-electron chi connectivity index (χ0n) is 15.0. The fraction of sp³-hybridized carbons (Fsp3) is 0.200. The fourth-order valence-electron chi connectivity index (χ4n) is 2.11. The maximum Gasteiger partial charge on any atom is 0.422 e. The van der Waals surface area contributed by atoms with E-state index in [1.165, 1.54) is 37.3 Å². The number of alkyl halides is 3. The molecular weight excluding hydrogens is 373 g/mol. The van der Waals surface area contributed by atoms with Crippen LogP contribution in [0.1, 0.15) is 12.5 Å². The predicted octanol–water partition coefficient (Wildman–Crippen LogP) is 3.78. The number of hydrogen-bond donors (Lipinski definition) is 2. The molecule has 0 spiro atoms. The third kappa shape index (κ3) is 7.53. The van der Waals surface area contributed by atoms with E-state index in [0.717, 1.165) is 5.56 Å². The van der Waals surface area contributed by atoms with Crippen LogP contribution in [0.4, 0.5) is 18.9 Å². The van der Waals surface area contributed by atoms with E-state index in [1.54, 1.807) is 6.08 Å². The topological polar surface area (TPSA) is 67.4 Å². The highest BCUT2D eigenvalue weighted by Crippen LogP contribution is 2.20. The third-order valence-corrected chi connectivity index (χ3v) is 3.50. The van der Waals surface area contributed by atoms with Crippen molar-refractivity contribution in [3.05, 3.63) is 66.2 Å². The van der Waals surface area contributed by atoms with Gasteiger partial charge in [-0.05, 0) is 42.8 Å². The molecule has 2 aromatic carbocycles. The van der Waals surface area contributed by atoms with Gasteiger partial charge in [-0.25, -0.2) is 0 Å². The van der Waals surface area contributed by atoms with Gasteiger partial charge < -0.3 is 15.4 Å². The van der Waals surface area contributed by atoms with Crippen molar-refractivity contribution in [1.29, 1.82) is 0 Å². The zero-order valence-corrected chi connectivity index (χ0v) is 15.0. The Morgan fingerprint density at radius 3 is 2.32 bits per heavy atom. The van der Waals surface area contributed by atoms with Crippen molar-refractivity contribution < 1.29 is 27.5 Å². The van der Waals surface area contributed by atoms with E-state index in [-0.39, 0.29) is 5.75 Å². The number of anilines is 1. The molecule has 0 aliphatic heterocycles. The van der Waals surface area contributed by atoms with E-state index >= 15 is 0 Å². The number of carbonyl (C=O) groups is 2. The van der Waals surface area contributed by atoms with Crippen molar-refractivity contribution in [3.63, 3.8) is 0 Å². The molecule has 28 heavy (non-hydrogen) atoms. The molecule has 2 amide bonds. The van der Waals surface area contributed by atoms with Gasteiger partial charge in [-0.1, -0.05) is 30.3 Å². The van der Waals surface area contributed by atoms with Crippen molar-refractivity contribution >= 4 is 23.6 Å². The predicted molar refractivity (Wildman–Crippen MR) is 99.7 cm³/mol. The van der Waals surface area contributed by atoms with Gasteiger partial charge >= 0.3 is 6.18 Å². The number of ether oxygens (including phenoxy) is 1. The molecule has 2 rings (SSSR count). The molecule has 148 valence electrons. The highest BCUT2D eigenvalue weighted by atomic mass is 19.4. The molecule has 0 saturated carbocycles. The molecule has 0 aromatic heterocycles. The van der Waals surface area contributed by atoms with Crippen molar-refractivity contribution in [2.45, 2.75) is 19.1 Å². The van der Waals surface area contributed by atoms with E-state index in [1.807, 2.05) is 30.3 Å².